The average Bonchev–Trinajstić information content (AvgIpc) is 2.59. The minimum atomic E-state index is 1.04. The molecule has 0 amide bonds. The van der Waals surface area contributed by atoms with E-state index in [2.05, 4.69) is 43.3 Å². The van der Waals surface area contributed by atoms with E-state index < -0.39 is 0 Å². The van der Waals surface area contributed by atoms with E-state index in [4.69, 9.17) is 5.10 Å². The first kappa shape index (κ1) is 14.1. The van der Waals surface area contributed by atoms with Crippen LogP contribution in [-0.4, -0.2) is 6.21 Å². The fraction of sp³-hybridized carbons (Fsp3) is 0.0500. The van der Waals surface area contributed by atoms with E-state index in [1.54, 1.807) is 0 Å². The summed E-state index contributed by atoms with van der Waals surface area (Å²) in [5.74, 6) is 0. The molecule has 0 heterocycles. The molecule has 0 aliphatic carbocycles. The van der Waals surface area contributed by atoms with Crippen molar-refractivity contribution in [2.75, 3.05) is 5.01 Å². The Morgan fingerprint density at radius 1 is 0.682 bits per heavy atom. The number of nitrogens with zero attached hydrogens (tertiary/aromatic N) is 2. The number of aryl methyl sites for hydroxylation is 1. The van der Waals surface area contributed by atoms with Gasteiger partial charge in [-0.25, -0.2) is 5.01 Å². The van der Waals surface area contributed by atoms with Crippen LogP contribution in [0, 0.1) is 6.92 Å². The first-order valence-corrected chi connectivity index (χ1v) is 7.34. The standard InChI is InChI=1S/C20H18N2/c1-17-10-8-9-11-18(17)16-21-22(19-12-4-2-5-13-19)20-14-6-3-7-15-20/h2-16H,1H3. The number of hydrogen-bond acceptors (Lipinski definition) is 2. The molecule has 0 aliphatic heterocycles. The van der Waals surface area contributed by atoms with Gasteiger partial charge in [0.25, 0.3) is 0 Å². The van der Waals surface area contributed by atoms with Gasteiger partial charge in [0.1, 0.15) is 0 Å². The minimum Gasteiger partial charge on any atom is -0.234 e. The van der Waals surface area contributed by atoms with Crippen molar-refractivity contribution in [1.82, 2.24) is 0 Å². The van der Waals surface area contributed by atoms with Gasteiger partial charge in [0, 0.05) is 0 Å². The second kappa shape index (κ2) is 6.72. The second-order valence-electron chi connectivity index (χ2n) is 5.08. The molecule has 0 saturated carbocycles. The summed E-state index contributed by atoms with van der Waals surface area (Å²) in [6.45, 7) is 2.09. The highest BCUT2D eigenvalue weighted by atomic mass is 15.5. The minimum absolute atomic E-state index is 1.04. The molecule has 108 valence electrons. The van der Waals surface area contributed by atoms with Crippen LogP contribution in [0.1, 0.15) is 11.1 Å². The largest absolute Gasteiger partial charge is 0.234 e. The van der Waals surface area contributed by atoms with Gasteiger partial charge in [-0.2, -0.15) is 5.10 Å². The Balaban J connectivity index is 1.98. The van der Waals surface area contributed by atoms with Crippen molar-refractivity contribution in [3.8, 4) is 0 Å². The molecular formula is C20H18N2. The van der Waals surface area contributed by atoms with Crippen molar-refractivity contribution in [3.63, 3.8) is 0 Å². The van der Waals surface area contributed by atoms with Crippen molar-refractivity contribution in [1.29, 1.82) is 0 Å². The first-order chi connectivity index (χ1) is 10.8. The Bertz CT molecular complexity index is 709. The molecule has 2 heteroatoms. The number of benzene rings is 3. The highest BCUT2D eigenvalue weighted by Crippen LogP contribution is 2.25. The Labute approximate surface area is 131 Å². The van der Waals surface area contributed by atoms with Gasteiger partial charge in [-0.15, -0.1) is 0 Å². The van der Waals surface area contributed by atoms with Gasteiger partial charge in [0.15, 0.2) is 0 Å². The van der Waals surface area contributed by atoms with Gasteiger partial charge in [0.05, 0.1) is 17.6 Å². The lowest BCUT2D eigenvalue weighted by Crippen LogP contribution is -2.09. The van der Waals surface area contributed by atoms with Crippen LogP contribution in [0.15, 0.2) is 90.0 Å². The van der Waals surface area contributed by atoms with Gasteiger partial charge in [-0.3, -0.25) is 0 Å². The monoisotopic (exact) mass is 286 g/mol. The van der Waals surface area contributed by atoms with Crippen LogP contribution < -0.4 is 5.01 Å². The molecule has 0 radical (unpaired) electrons. The summed E-state index contributed by atoms with van der Waals surface area (Å²) in [6, 6.07) is 28.6. The summed E-state index contributed by atoms with van der Waals surface area (Å²) < 4.78 is 0. The molecule has 0 unspecified atom stereocenters. The third-order valence-corrected chi connectivity index (χ3v) is 3.50. The van der Waals surface area contributed by atoms with E-state index in [0.717, 1.165) is 16.9 Å². The topological polar surface area (TPSA) is 15.6 Å². The highest BCUT2D eigenvalue weighted by molar-refractivity contribution is 5.83. The summed E-state index contributed by atoms with van der Waals surface area (Å²) >= 11 is 0. The average molecular weight is 286 g/mol. The summed E-state index contributed by atoms with van der Waals surface area (Å²) in [4.78, 5) is 0. The van der Waals surface area contributed by atoms with Gasteiger partial charge < -0.3 is 0 Å². The summed E-state index contributed by atoms with van der Waals surface area (Å²) in [7, 11) is 0. The smallest absolute Gasteiger partial charge is 0.0652 e. The Hall–Kier alpha value is -2.87. The van der Waals surface area contributed by atoms with Crippen LogP contribution >= 0.6 is 0 Å². The molecule has 2 nitrogen and oxygen atoms in total. The number of anilines is 2. The van der Waals surface area contributed by atoms with Crippen LogP contribution in [-0.2, 0) is 0 Å². The maximum Gasteiger partial charge on any atom is 0.0652 e. The summed E-state index contributed by atoms with van der Waals surface area (Å²) in [5.41, 5.74) is 4.42. The van der Waals surface area contributed by atoms with Gasteiger partial charge >= 0.3 is 0 Å². The third-order valence-electron chi connectivity index (χ3n) is 3.50. The van der Waals surface area contributed by atoms with E-state index in [0.29, 0.717) is 0 Å². The maximum atomic E-state index is 4.70. The second-order valence-corrected chi connectivity index (χ2v) is 5.08. The quantitative estimate of drug-likeness (QED) is 0.477. The Morgan fingerprint density at radius 3 is 1.73 bits per heavy atom. The van der Waals surface area contributed by atoms with Crippen molar-refractivity contribution in [3.05, 3.63) is 96.1 Å². The molecule has 0 fully saturated rings. The van der Waals surface area contributed by atoms with Crippen LogP contribution in [0.4, 0.5) is 11.4 Å². The van der Waals surface area contributed by atoms with Crippen LogP contribution in [0.2, 0.25) is 0 Å². The van der Waals surface area contributed by atoms with Crippen molar-refractivity contribution in [2.45, 2.75) is 6.92 Å². The highest BCUT2D eigenvalue weighted by Gasteiger charge is 2.06. The SMILES string of the molecule is Cc1ccccc1C=NN(c1ccccc1)c1ccccc1. The van der Waals surface area contributed by atoms with Gasteiger partial charge in [0.2, 0.25) is 0 Å². The molecule has 3 rings (SSSR count). The van der Waals surface area contributed by atoms with Crippen LogP contribution in [0.5, 0.6) is 0 Å². The Kier molecular flexibility index (Phi) is 4.30. The van der Waals surface area contributed by atoms with Crippen LogP contribution in [0.25, 0.3) is 0 Å². The number of rotatable bonds is 4. The lowest BCUT2D eigenvalue weighted by Gasteiger charge is -2.19. The van der Waals surface area contributed by atoms with Crippen molar-refractivity contribution >= 4 is 17.6 Å². The van der Waals surface area contributed by atoms with E-state index >= 15 is 0 Å². The van der Waals surface area contributed by atoms with E-state index in [-0.39, 0.29) is 0 Å². The van der Waals surface area contributed by atoms with E-state index in [1.807, 2.05) is 59.8 Å². The zero-order valence-corrected chi connectivity index (χ0v) is 12.6. The summed E-state index contributed by atoms with van der Waals surface area (Å²) in [6.07, 6.45) is 1.91. The zero-order chi connectivity index (χ0) is 15.2. The van der Waals surface area contributed by atoms with E-state index in [1.165, 1.54) is 5.56 Å². The molecule has 0 saturated heterocycles. The Morgan fingerprint density at radius 2 is 1.18 bits per heavy atom. The van der Waals surface area contributed by atoms with E-state index in [9.17, 15) is 0 Å². The number of hydrazone groups is 1. The van der Waals surface area contributed by atoms with Crippen LogP contribution in [0.3, 0.4) is 0 Å². The molecular weight excluding hydrogens is 268 g/mol. The molecule has 0 bridgehead atoms. The molecule has 22 heavy (non-hydrogen) atoms. The van der Waals surface area contributed by atoms with Gasteiger partial charge in [-0.05, 0) is 42.3 Å². The van der Waals surface area contributed by atoms with Gasteiger partial charge in [-0.1, -0.05) is 60.7 Å². The van der Waals surface area contributed by atoms with Crippen molar-refractivity contribution < 1.29 is 0 Å². The molecule has 0 aliphatic rings. The normalized spacial score (nSPS) is 10.8. The molecule has 0 N–H and O–H groups in total. The predicted molar refractivity (Wildman–Crippen MR) is 93.8 cm³/mol. The maximum absolute atomic E-state index is 4.70. The lowest BCUT2D eigenvalue weighted by molar-refractivity contribution is 1.09. The molecule has 3 aromatic rings. The van der Waals surface area contributed by atoms with Crippen molar-refractivity contribution in [2.24, 2.45) is 5.10 Å². The third kappa shape index (κ3) is 3.23. The first-order valence-electron chi connectivity index (χ1n) is 7.34. The molecule has 0 atom stereocenters. The fourth-order valence-electron chi connectivity index (χ4n) is 2.27. The predicted octanol–water partition coefficient (Wildman–Crippen LogP) is 5.17. The number of hydrogen-bond donors (Lipinski definition) is 0. The summed E-state index contributed by atoms with van der Waals surface area (Å²) in [5, 5.41) is 6.65. The fourth-order valence-corrected chi connectivity index (χ4v) is 2.27. The molecule has 3 aromatic carbocycles. The number of para-hydroxylation sites is 2. The lowest BCUT2D eigenvalue weighted by atomic mass is 10.1. The zero-order valence-electron chi connectivity index (χ0n) is 12.6. The molecule has 0 spiro atoms. The molecule has 0 aromatic heterocycles.